The van der Waals surface area contributed by atoms with Crippen molar-refractivity contribution in [3.63, 3.8) is 0 Å². The fourth-order valence-electron chi connectivity index (χ4n) is 3.17. The summed E-state index contributed by atoms with van der Waals surface area (Å²) in [5.41, 5.74) is 3.97. The minimum Gasteiger partial charge on any atom is -0.338 e. The second kappa shape index (κ2) is 8.95. The average Bonchev–Trinajstić information content (AvgIpc) is 3.00. The van der Waals surface area contributed by atoms with Gasteiger partial charge >= 0.3 is 0 Å². The van der Waals surface area contributed by atoms with Gasteiger partial charge < -0.3 is 10.6 Å². The lowest BCUT2D eigenvalue weighted by Gasteiger charge is -2.12. The van der Waals surface area contributed by atoms with E-state index >= 15 is 0 Å². The number of para-hydroxylation sites is 2. The lowest BCUT2D eigenvalue weighted by Crippen LogP contribution is -2.15. The molecule has 0 unspecified atom stereocenters. The van der Waals surface area contributed by atoms with Gasteiger partial charge in [0, 0.05) is 12.4 Å². The van der Waals surface area contributed by atoms with Gasteiger partial charge in [-0.3, -0.25) is 9.48 Å². The SMILES string of the molecule is Cc1nn(C)c(C)c1NC(=O)CSc1nc(Nc2ccccc2Cl)c2ccccc2n1. The molecule has 0 aliphatic carbocycles. The molecule has 1 amide bonds. The number of anilines is 3. The summed E-state index contributed by atoms with van der Waals surface area (Å²) in [5.74, 6) is 0.680. The van der Waals surface area contributed by atoms with Crippen molar-refractivity contribution in [2.75, 3.05) is 16.4 Å². The van der Waals surface area contributed by atoms with Crippen molar-refractivity contribution < 1.29 is 4.79 Å². The molecule has 7 nitrogen and oxygen atoms in total. The first-order chi connectivity index (χ1) is 14.9. The number of nitrogens with one attached hydrogen (secondary N) is 2. The number of fused-ring (bicyclic) bond motifs is 1. The van der Waals surface area contributed by atoms with Gasteiger partial charge in [-0.25, -0.2) is 9.97 Å². The maximum atomic E-state index is 12.5. The van der Waals surface area contributed by atoms with Crippen LogP contribution in [0.3, 0.4) is 0 Å². The van der Waals surface area contributed by atoms with Crippen molar-refractivity contribution in [2.24, 2.45) is 7.05 Å². The van der Waals surface area contributed by atoms with Gasteiger partial charge in [-0.15, -0.1) is 0 Å². The molecule has 2 heterocycles. The van der Waals surface area contributed by atoms with Crippen molar-refractivity contribution in [1.82, 2.24) is 19.7 Å². The quantitative estimate of drug-likeness (QED) is 0.312. The molecule has 4 aromatic rings. The van der Waals surface area contributed by atoms with Crippen LogP contribution < -0.4 is 10.6 Å². The second-order valence-corrected chi connectivity index (χ2v) is 8.33. The number of hydrogen-bond donors (Lipinski definition) is 2. The predicted octanol–water partition coefficient (Wildman–Crippen LogP) is 5.11. The summed E-state index contributed by atoms with van der Waals surface area (Å²) in [4.78, 5) is 21.8. The van der Waals surface area contributed by atoms with Crippen molar-refractivity contribution in [1.29, 1.82) is 0 Å². The maximum Gasteiger partial charge on any atom is 0.234 e. The zero-order valence-electron chi connectivity index (χ0n) is 17.3. The number of rotatable bonds is 6. The van der Waals surface area contributed by atoms with E-state index < -0.39 is 0 Å². The lowest BCUT2D eigenvalue weighted by molar-refractivity contribution is -0.113. The van der Waals surface area contributed by atoms with Gasteiger partial charge in [-0.1, -0.05) is 47.6 Å². The molecular weight excluding hydrogens is 432 g/mol. The highest BCUT2D eigenvalue weighted by Gasteiger charge is 2.15. The molecule has 4 rings (SSSR count). The van der Waals surface area contributed by atoms with E-state index in [9.17, 15) is 4.79 Å². The van der Waals surface area contributed by atoms with Crippen LogP contribution in [0.5, 0.6) is 0 Å². The summed E-state index contributed by atoms with van der Waals surface area (Å²) in [5, 5.41) is 12.5. The first kappa shape index (κ1) is 21.1. The monoisotopic (exact) mass is 452 g/mol. The summed E-state index contributed by atoms with van der Waals surface area (Å²) >= 11 is 7.58. The van der Waals surface area contributed by atoms with E-state index in [0.29, 0.717) is 16.0 Å². The minimum absolute atomic E-state index is 0.137. The van der Waals surface area contributed by atoms with Gasteiger partial charge in [0.25, 0.3) is 0 Å². The van der Waals surface area contributed by atoms with Crippen LogP contribution in [-0.4, -0.2) is 31.4 Å². The molecule has 2 aromatic heterocycles. The number of aryl methyl sites for hydroxylation is 2. The summed E-state index contributed by atoms with van der Waals surface area (Å²) in [6.07, 6.45) is 0. The summed E-state index contributed by atoms with van der Waals surface area (Å²) < 4.78 is 1.75. The number of amides is 1. The number of thioether (sulfide) groups is 1. The number of nitrogens with zero attached hydrogens (tertiary/aromatic N) is 4. The van der Waals surface area contributed by atoms with E-state index in [-0.39, 0.29) is 11.7 Å². The number of hydrogen-bond acceptors (Lipinski definition) is 6. The van der Waals surface area contributed by atoms with Gasteiger partial charge in [-0.05, 0) is 38.1 Å². The molecule has 2 aromatic carbocycles. The van der Waals surface area contributed by atoms with E-state index in [0.717, 1.165) is 33.7 Å². The first-order valence-corrected chi connectivity index (χ1v) is 11.0. The molecule has 0 aliphatic rings. The van der Waals surface area contributed by atoms with E-state index in [4.69, 9.17) is 11.6 Å². The molecule has 0 spiro atoms. The van der Waals surface area contributed by atoms with Crippen molar-refractivity contribution in [3.8, 4) is 0 Å². The molecule has 0 atom stereocenters. The highest BCUT2D eigenvalue weighted by molar-refractivity contribution is 7.99. The van der Waals surface area contributed by atoms with E-state index in [1.807, 2.05) is 69.4 Å². The van der Waals surface area contributed by atoms with E-state index in [2.05, 4.69) is 25.7 Å². The third-order valence-corrected chi connectivity index (χ3v) is 5.99. The summed E-state index contributed by atoms with van der Waals surface area (Å²) in [6, 6.07) is 15.2. The van der Waals surface area contributed by atoms with Crippen LogP contribution in [0.4, 0.5) is 17.2 Å². The molecule has 0 fully saturated rings. The van der Waals surface area contributed by atoms with Crippen LogP contribution in [0.25, 0.3) is 10.9 Å². The molecule has 31 heavy (non-hydrogen) atoms. The molecule has 158 valence electrons. The zero-order chi connectivity index (χ0) is 22.0. The Morgan fingerprint density at radius 1 is 1.10 bits per heavy atom. The number of carbonyl (C=O) groups is 1. The number of aromatic nitrogens is 4. The molecule has 0 aliphatic heterocycles. The maximum absolute atomic E-state index is 12.5. The third kappa shape index (κ3) is 4.65. The highest BCUT2D eigenvalue weighted by atomic mass is 35.5. The van der Waals surface area contributed by atoms with Crippen molar-refractivity contribution in [2.45, 2.75) is 19.0 Å². The van der Waals surface area contributed by atoms with Crippen LogP contribution >= 0.6 is 23.4 Å². The molecule has 0 saturated heterocycles. The van der Waals surface area contributed by atoms with Crippen LogP contribution in [0.1, 0.15) is 11.4 Å². The lowest BCUT2D eigenvalue weighted by atomic mass is 10.2. The van der Waals surface area contributed by atoms with E-state index in [1.54, 1.807) is 4.68 Å². The van der Waals surface area contributed by atoms with Crippen molar-refractivity contribution in [3.05, 3.63) is 64.9 Å². The number of benzene rings is 2. The van der Waals surface area contributed by atoms with Crippen LogP contribution in [0, 0.1) is 13.8 Å². The fraction of sp³-hybridized carbons (Fsp3) is 0.182. The predicted molar refractivity (Wildman–Crippen MR) is 126 cm³/mol. The van der Waals surface area contributed by atoms with Gasteiger partial charge in [0.2, 0.25) is 5.91 Å². The number of carbonyl (C=O) groups excluding carboxylic acids is 1. The Kier molecular flexibility index (Phi) is 6.11. The largest absolute Gasteiger partial charge is 0.338 e. The Bertz CT molecular complexity index is 1270. The van der Waals surface area contributed by atoms with Gasteiger partial charge in [0.15, 0.2) is 5.16 Å². The van der Waals surface area contributed by atoms with Gasteiger partial charge in [0.1, 0.15) is 5.82 Å². The average molecular weight is 453 g/mol. The first-order valence-electron chi connectivity index (χ1n) is 9.63. The van der Waals surface area contributed by atoms with Gasteiger partial charge in [0.05, 0.1) is 39.1 Å². The standard InChI is InChI=1S/C22H21ClN6OS/c1-13-20(14(2)29(3)28-13)26-19(30)12-31-22-25-17-10-6-4-8-15(17)21(27-22)24-18-11-7-5-9-16(18)23/h4-11H,12H2,1-3H3,(H,26,30)(H,24,25,27). The Labute approximate surface area is 189 Å². The van der Waals surface area contributed by atoms with Gasteiger partial charge in [-0.2, -0.15) is 5.10 Å². The summed E-state index contributed by atoms with van der Waals surface area (Å²) in [7, 11) is 1.85. The molecule has 0 saturated carbocycles. The van der Waals surface area contributed by atoms with Crippen LogP contribution in [-0.2, 0) is 11.8 Å². The van der Waals surface area contributed by atoms with Crippen LogP contribution in [0.2, 0.25) is 5.02 Å². The third-order valence-electron chi connectivity index (χ3n) is 4.82. The Balaban J connectivity index is 1.55. The molecule has 2 N–H and O–H groups in total. The smallest absolute Gasteiger partial charge is 0.234 e. The number of halogens is 1. The molecular formula is C22H21ClN6OS. The van der Waals surface area contributed by atoms with E-state index in [1.165, 1.54) is 11.8 Å². The summed E-state index contributed by atoms with van der Waals surface area (Å²) in [6.45, 7) is 3.79. The van der Waals surface area contributed by atoms with Crippen LogP contribution in [0.15, 0.2) is 53.7 Å². The Hall–Kier alpha value is -3.10. The highest BCUT2D eigenvalue weighted by Crippen LogP contribution is 2.30. The normalized spacial score (nSPS) is 11.0. The molecule has 0 radical (unpaired) electrons. The molecule has 9 heteroatoms. The zero-order valence-corrected chi connectivity index (χ0v) is 18.9. The Morgan fingerprint density at radius 2 is 1.84 bits per heavy atom. The van der Waals surface area contributed by atoms with Crippen molar-refractivity contribution >= 4 is 57.4 Å². The fourth-order valence-corrected chi connectivity index (χ4v) is 4.00. The minimum atomic E-state index is -0.137. The second-order valence-electron chi connectivity index (χ2n) is 6.98. The topological polar surface area (TPSA) is 84.7 Å². The Morgan fingerprint density at radius 3 is 2.58 bits per heavy atom. The molecule has 0 bridgehead atoms.